The van der Waals surface area contributed by atoms with Crippen molar-refractivity contribution in [1.29, 1.82) is 0 Å². The predicted octanol–water partition coefficient (Wildman–Crippen LogP) is 6.09. The molecule has 5 rings (SSSR count). The Morgan fingerprint density at radius 2 is 1.72 bits per heavy atom. The molecule has 186 valence electrons. The van der Waals surface area contributed by atoms with Crippen LogP contribution in [0.5, 0.6) is 0 Å². The van der Waals surface area contributed by atoms with E-state index in [1.54, 1.807) is 6.26 Å². The van der Waals surface area contributed by atoms with Gasteiger partial charge in [-0.1, -0.05) is 42.5 Å². The second-order valence-corrected chi connectivity index (χ2v) is 9.83. The Morgan fingerprint density at radius 3 is 2.47 bits per heavy atom. The van der Waals surface area contributed by atoms with Gasteiger partial charge in [0, 0.05) is 32.1 Å². The number of para-hydroxylation sites is 1. The van der Waals surface area contributed by atoms with E-state index in [4.69, 9.17) is 14.4 Å². The third kappa shape index (κ3) is 5.94. The van der Waals surface area contributed by atoms with Gasteiger partial charge in [0.2, 0.25) is 5.95 Å². The predicted molar refractivity (Wildman–Crippen MR) is 149 cm³/mol. The van der Waals surface area contributed by atoms with E-state index in [2.05, 4.69) is 64.1 Å². The molecule has 4 aromatic rings. The van der Waals surface area contributed by atoms with E-state index in [0.29, 0.717) is 12.0 Å². The Kier molecular flexibility index (Phi) is 7.62. The summed E-state index contributed by atoms with van der Waals surface area (Å²) in [5.41, 5.74) is 3.45. The van der Waals surface area contributed by atoms with Crippen LogP contribution in [-0.4, -0.2) is 43.2 Å². The molecule has 0 spiro atoms. The van der Waals surface area contributed by atoms with Gasteiger partial charge in [-0.2, -0.15) is 4.98 Å². The van der Waals surface area contributed by atoms with Gasteiger partial charge in [-0.15, -0.1) is 0 Å². The maximum absolute atomic E-state index is 5.56. The Hall–Kier alpha value is -3.64. The van der Waals surface area contributed by atoms with Gasteiger partial charge in [0.25, 0.3) is 0 Å². The second kappa shape index (κ2) is 11.4. The van der Waals surface area contributed by atoms with Crippen LogP contribution in [-0.2, 0) is 0 Å². The number of rotatable bonds is 9. The summed E-state index contributed by atoms with van der Waals surface area (Å²) in [7, 11) is 4.06. The molecule has 6 nitrogen and oxygen atoms in total. The van der Waals surface area contributed by atoms with Crippen LogP contribution in [0, 0.1) is 5.92 Å². The molecule has 0 bridgehead atoms. The number of hydrogen-bond donors (Lipinski definition) is 2. The summed E-state index contributed by atoms with van der Waals surface area (Å²) >= 11 is 0. The minimum Gasteiger partial charge on any atom is -0.465 e. The molecule has 2 aromatic heterocycles. The molecule has 1 fully saturated rings. The molecule has 0 saturated heterocycles. The van der Waals surface area contributed by atoms with Crippen molar-refractivity contribution in [2.45, 2.75) is 31.7 Å². The minimum atomic E-state index is 0.413. The zero-order valence-corrected chi connectivity index (χ0v) is 21.2. The first-order valence-electron chi connectivity index (χ1n) is 12.9. The molecule has 1 saturated carbocycles. The van der Waals surface area contributed by atoms with Crippen LogP contribution in [0.1, 0.15) is 37.0 Å². The van der Waals surface area contributed by atoms with Crippen LogP contribution in [0.2, 0.25) is 0 Å². The lowest BCUT2D eigenvalue weighted by Crippen LogP contribution is -2.32. The quantitative estimate of drug-likeness (QED) is 0.302. The fraction of sp³-hybridized carbons (Fsp3) is 0.333. The lowest BCUT2D eigenvalue weighted by molar-refractivity contribution is 0.328. The molecule has 36 heavy (non-hydrogen) atoms. The zero-order chi connectivity index (χ0) is 24.7. The Morgan fingerprint density at radius 1 is 0.944 bits per heavy atom. The SMILES string of the molecule is CN(C)c1nc(NC2CCC(CNCC(=Cc3ccco3)c3ccccc3)CC2)nc2ccccc12. The van der Waals surface area contributed by atoms with Crippen molar-refractivity contribution in [3.63, 3.8) is 0 Å². The van der Waals surface area contributed by atoms with Crippen molar-refractivity contribution >= 4 is 34.3 Å². The standard InChI is InChI=1S/C30H35N5O/c1-35(2)29-27-12-6-7-13-28(27)33-30(34-29)32-25-16-14-22(15-17-25)20-31-21-24(19-26-11-8-18-36-26)23-9-4-3-5-10-23/h3-13,18-19,22,25,31H,14-17,20-21H2,1-2H3,(H,32,33,34). The van der Waals surface area contributed by atoms with E-state index < -0.39 is 0 Å². The summed E-state index contributed by atoms with van der Waals surface area (Å²) in [6.45, 7) is 1.84. The van der Waals surface area contributed by atoms with Gasteiger partial charge in [-0.25, -0.2) is 4.98 Å². The Labute approximate surface area is 213 Å². The van der Waals surface area contributed by atoms with Crippen LogP contribution < -0.4 is 15.5 Å². The van der Waals surface area contributed by atoms with Crippen LogP contribution in [0.3, 0.4) is 0 Å². The molecular formula is C30H35N5O. The van der Waals surface area contributed by atoms with Crippen LogP contribution in [0.25, 0.3) is 22.6 Å². The van der Waals surface area contributed by atoms with E-state index in [1.807, 2.05) is 38.4 Å². The number of anilines is 2. The average molecular weight is 482 g/mol. The van der Waals surface area contributed by atoms with Gasteiger partial charge in [-0.3, -0.25) is 0 Å². The molecule has 1 aliphatic carbocycles. The summed E-state index contributed by atoms with van der Waals surface area (Å²) < 4.78 is 5.56. The van der Waals surface area contributed by atoms with Crippen molar-refractivity contribution in [2.24, 2.45) is 5.92 Å². The molecular weight excluding hydrogens is 446 g/mol. The average Bonchev–Trinajstić information content (AvgIpc) is 3.42. The molecule has 0 aliphatic heterocycles. The summed E-state index contributed by atoms with van der Waals surface area (Å²) in [6.07, 6.45) is 8.51. The molecule has 0 atom stereocenters. The number of nitrogens with one attached hydrogen (secondary N) is 2. The highest BCUT2D eigenvalue weighted by Gasteiger charge is 2.22. The smallest absolute Gasteiger partial charge is 0.225 e. The highest BCUT2D eigenvalue weighted by molar-refractivity contribution is 5.90. The minimum absolute atomic E-state index is 0.413. The number of nitrogens with zero attached hydrogens (tertiary/aromatic N) is 3. The van der Waals surface area contributed by atoms with Crippen molar-refractivity contribution in [3.05, 3.63) is 84.3 Å². The third-order valence-electron chi connectivity index (χ3n) is 6.94. The molecule has 0 radical (unpaired) electrons. The summed E-state index contributed by atoms with van der Waals surface area (Å²) in [6, 6.07) is 23.1. The maximum Gasteiger partial charge on any atom is 0.225 e. The largest absolute Gasteiger partial charge is 0.465 e. The number of furan rings is 1. The van der Waals surface area contributed by atoms with Crippen molar-refractivity contribution in [3.8, 4) is 0 Å². The van der Waals surface area contributed by atoms with Crippen molar-refractivity contribution in [2.75, 3.05) is 37.4 Å². The maximum atomic E-state index is 5.56. The zero-order valence-electron chi connectivity index (χ0n) is 21.2. The Balaban J connectivity index is 1.15. The van der Waals surface area contributed by atoms with Crippen molar-refractivity contribution in [1.82, 2.24) is 15.3 Å². The van der Waals surface area contributed by atoms with Crippen LogP contribution >= 0.6 is 0 Å². The number of benzene rings is 2. The molecule has 2 heterocycles. The number of fused-ring (bicyclic) bond motifs is 1. The molecule has 0 amide bonds. The number of hydrogen-bond acceptors (Lipinski definition) is 6. The van der Waals surface area contributed by atoms with Crippen LogP contribution in [0.4, 0.5) is 11.8 Å². The van der Waals surface area contributed by atoms with Gasteiger partial charge >= 0.3 is 0 Å². The highest BCUT2D eigenvalue weighted by atomic mass is 16.3. The topological polar surface area (TPSA) is 66.2 Å². The summed E-state index contributed by atoms with van der Waals surface area (Å²) in [4.78, 5) is 11.7. The fourth-order valence-corrected chi connectivity index (χ4v) is 5.00. The van der Waals surface area contributed by atoms with Crippen molar-refractivity contribution < 1.29 is 4.42 Å². The monoisotopic (exact) mass is 481 g/mol. The third-order valence-corrected chi connectivity index (χ3v) is 6.94. The lowest BCUT2D eigenvalue weighted by Gasteiger charge is -2.29. The van der Waals surface area contributed by atoms with Gasteiger partial charge in [0.15, 0.2) is 0 Å². The first-order chi connectivity index (χ1) is 17.7. The molecule has 6 heteroatoms. The van der Waals surface area contributed by atoms with Crippen LogP contribution in [0.15, 0.2) is 77.4 Å². The summed E-state index contributed by atoms with van der Waals surface area (Å²) in [5.74, 6) is 3.25. The van der Waals surface area contributed by atoms with E-state index in [9.17, 15) is 0 Å². The van der Waals surface area contributed by atoms with E-state index in [1.165, 1.54) is 24.0 Å². The first kappa shape index (κ1) is 24.1. The lowest BCUT2D eigenvalue weighted by atomic mass is 9.86. The molecule has 0 unspecified atom stereocenters. The second-order valence-electron chi connectivity index (χ2n) is 9.83. The van der Waals surface area contributed by atoms with Gasteiger partial charge in [0.05, 0.1) is 11.8 Å². The summed E-state index contributed by atoms with van der Waals surface area (Å²) in [5, 5.41) is 8.41. The number of aromatic nitrogens is 2. The normalized spacial score (nSPS) is 18.3. The van der Waals surface area contributed by atoms with E-state index in [-0.39, 0.29) is 0 Å². The molecule has 2 aromatic carbocycles. The van der Waals surface area contributed by atoms with Gasteiger partial charge < -0.3 is 20.0 Å². The van der Waals surface area contributed by atoms with Gasteiger partial charge in [-0.05, 0) is 79.6 Å². The van der Waals surface area contributed by atoms with E-state index in [0.717, 1.165) is 54.4 Å². The Bertz CT molecular complexity index is 1280. The fourth-order valence-electron chi connectivity index (χ4n) is 5.00. The van der Waals surface area contributed by atoms with E-state index >= 15 is 0 Å². The van der Waals surface area contributed by atoms with Gasteiger partial charge in [0.1, 0.15) is 11.6 Å². The molecule has 1 aliphatic rings. The highest BCUT2D eigenvalue weighted by Crippen LogP contribution is 2.28. The molecule has 2 N–H and O–H groups in total. The first-order valence-corrected chi connectivity index (χ1v) is 12.9.